The van der Waals surface area contributed by atoms with Crippen LogP contribution in [0.1, 0.15) is 39.9 Å². The Balaban J connectivity index is 1.71. The molecule has 0 fully saturated rings. The molecule has 6 heteroatoms. The Bertz CT molecular complexity index is 1020. The summed E-state index contributed by atoms with van der Waals surface area (Å²) >= 11 is 0. The number of nitrogens with one attached hydrogen (secondary N) is 2. The van der Waals surface area contributed by atoms with E-state index < -0.39 is 10.0 Å². The lowest BCUT2D eigenvalue weighted by atomic mass is 9.92. The molecule has 0 aliphatic heterocycles. The van der Waals surface area contributed by atoms with Gasteiger partial charge in [0.05, 0.1) is 17.0 Å². The van der Waals surface area contributed by atoms with E-state index in [1.165, 1.54) is 5.56 Å². The first kappa shape index (κ1) is 19.2. The van der Waals surface area contributed by atoms with Crippen molar-refractivity contribution >= 4 is 15.9 Å². The standard InChI is InChI=1S/C21H22N2O3S/c1-22-21(24)20-11-5-4-8-17(20)10-6-14-23-27(25,26)19-13-12-16-7-2-3-9-18(16)15-19/h4-5,8,11-13,15,23H,2-3,7,9,14H2,1H3,(H,22,24). The van der Waals surface area contributed by atoms with E-state index in [1.54, 1.807) is 43.4 Å². The molecule has 140 valence electrons. The van der Waals surface area contributed by atoms with Crippen LogP contribution in [0.3, 0.4) is 0 Å². The van der Waals surface area contributed by atoms with Gasteiger partial charge in [0, 0.05) is 12.6 Å². The summed E-state index contributed by atoms with van der Waals surface area (Å²) in [5.74, 6) is 5.43. The first-order chi connectivity index (χ1) is 13.0. The van der Waals surface area contributed by atoms with Gasteiger partial charge in [0.1, 0.15) is 0 Å². The highest BCUT2D eigenvalue weighted by atomic mass is 32.2. The number of sulfonamides is 1. The summed E-state index contributed by atoms with van der Waals surface area (Å²) in [4.78, 5) is 12.1. The summed E-state index contributed by atoms with van der Waals surface area (Å²) < 4.78 is 27.5. The summed E-state index contributed by atoms with van der Waals surface area (Å²) in [5.41, 5.74) is 3.38. The SMILES string of the molecule is CNC(=O)c1ccccc1C#CCNS(=O)(=O)c1ccc2c(c1)CCCC2. The average Bonchev–Trinajstić information content (AvgIpc) is 2.70. The quantitative estimate of drug-likeness (QED) is 0.797. The largest absolute Gasteiger partial charge is 0.355 e. The number of amides is 1. The molecule has 0 atom stereocenters. The molecule has 0 heterocycles. The van der Waals surface area contributed by atoms with Crippen molar-refractivity contribution in [2.45, 2.75) is 30.6 Å². The van der Waals surface area contributed by atoms with Gasteiger partial charge < -0.3 is 5.32 Å². The molecule has 0 aromatic heterocycles. The van der Waals surface area contributed by atoms with E-state index in [1.807, 2.05) is 6.07 Å². The average molecular weight is 382 g/mol. The molecule has 0 radical (unpaired) electrons. The molecule has 1 amide bonds. The number of fused-ring (bicyclic) bond motifs is 1. The summed E-state index contributed by atoms with van der Waals surface area (Å²) in [7, 11) is -2.06. The Labute approximate surface area is 160 Å². The zero-order valence-electron chi connectivity index (χ0n) is 15.2. The lowest BCUT2D eigenvalue weighted by molar-refractivity contribution is 0.0963. The Kier molecular flexibility index (Phi) is 5.94. The highest BCUT2D eigenvalue weighted by Gasteiger charge is 2.17. The number of hydrogen-bond acceptors (Lipinski definition) is 3. The van der Waals surface area contributed by atoms with Crippen LogP contribution in [0, 0.1) is 11.8 Å². The molecule has 0 unspecified atom stereocenters. The van der Waals surface area contributed by atoms with Crippen LogP contribution in [0.4, 0.5) is 0 Å². The maximum Gasteiger partial charge on any atom is 0.252 e. The zero-order valence-corrected chi connectivity index (χ0v) is 16.0. The van der Waals surface area contributed by atoms with Gasteiger partial charge in [-0.15, -0.1) is 0 Å². The van der Waals surface area contributed by atoms with Crippen LogP contribution in [0.25, 0.3) is 0 Å². The van der Waals surface area contributed by atoms with E-state index in [0.29, 0.717) is 11.1 Å². The van der Waals surface area contributed by atoms with Crippen LogP contribution >= 0.6 is 0 Å². The van der Waals surface area contributed by atoms with E-state index in [0.717, 1.165) is 31.2 Å². The van der Waals surface area contributed by atoms with E-state index >= 15 is 0 Å². The maximum atomic E-state index is 12.5. The van der Waals surface area contributed by atoms with Crippen molar-refractivity contribution < 1.29 is 13.2 Å². The van der Waals surface area contributed by atoms with Crippen molar-refractivity contribution in [3.63, 3.8) is 0 Å². The van der Waals surface area contributed by atoms with Crippen molar-refractivity contribution in [2.75, 3.05) is 13.6 Å². The third kappa shape index (κ3) is 4.57. The fourth-order valence-corrected chi connectivity index (χ4v) is 4.13. The van der Waals surface area contributed by atoms with Crippen LogP contribution < -0.4 is 10.0 Å². The lowest BCUT2D eigenvalue weighted by Gasteiger charge is -2.16. The van der Waals surface area contributed by atoms with Gasteiger partial charge in [0.25, 0.3) is 5.91 Å². The minimum Gasteiger partial charge on any atom is -0.355 e. The number of hydrogen-bond donors (Lipinski definition) is 2. The van der Waals surface area contributed by atoms with Gasteiger partial charge in [-0.25, -0.2) is 8.42 Å². The Morgan fingerprint density at radius 2 is 1.81 bits per heavy atom. The number of rotatable bonds is 4. The molecule has 5 nitrogen and oxygen atoms in total. The Morgan fingerprint density at radius 3 is 2.59 bits per heavy atom. The highest BCUT2D eigenvalue weighted by molar-refractivity contribution is 7.89. The Hall–Kier alpha value is -2.62. The fourth-order valence-electron chi connectivity index (χ4n) is 3.16. The van der Waals surface area contributed by atoms with Crippen LogP contribution in [0.15, 0.2) is 47.4 Å². The second-order valence-corrected chi connectivity index (χ2v) is 8.16. The highest BCUT2D eigenvalue weighted by Crippen LogP contribution is 2.23. The molecule has 0 bridgehead atoms. The maximum absolute atomic E-state index is 12.5. The van der Waals surface area contributed by atoms with Gasteiger partial charge in [0.15, 0.2) is 0 Å². The molecular formula is C21H22N2O3S. The van der Waals surface area contributed by atoms with Crippen molar-refractivity contribution in [3.8, 4) is 11.8 Å². The van der Waals surface area contributed by atoms with Gasteiger partial charge >= 0.3 is 0 Å². The summed E-state index contributed by atoms with van der Waals surface area (Å²) in [5, 5.41) is 2.56. The number of benzene rings is 2. The van der Waals surface area contributed by atoms with E-state index in [-0.39, 0.29) is 17.3 Å². The first-order valence-electron chi connectivity index (χ1n) is 8.93. The summed E-state index contributed by atoms with van der Waals surface area (Å²) in [6.07, 6.45) is 4.19. The molecule has 2 aromatic rings. The second-order valence-electron chi connectivity index (χ2n) is 6.39. The smallest absolute Gasteiger partial charge is 0.252 e. The minimum atomic E-state index is -3.61. The van der Waals surface area contributed by atoms with Gasteiger partial charge in [-0.3, -0.25) is 4.79 Å². The summed E-state index contributed by atoms with van der Waals surface area (Å²) in [6, 6.07) is 12.3. The molecule has 27 heavy (non-hydrogen) atoms. The summed E-state index contributed by atoms with van der Waals surface area (Å²) in [6.45, 7) is -0.0263. The molecule has 0 saturated carbocycles. The zero-order chi connectivity index (χ0) is 19.3. The minimum absolute atomic E-state index is 0.0263. The predicted molar refractivity (Wildman–Crippen MR) is 105 cm³/mol. The number of carbonyl (C=O) groups is 1. The van der Waals surface area contributed by atoms with Crippen molar-refractivity contribution in [1.82, 2.24) is 10.0 Å². The monoisotopic (exact) mass is 382 g/mol. The Morgan fingerprint density at radius 1 is 1.07 bits per heavy atom. The molecular weight excluding hydrogens is 360 g/mol. The van der Waals surface area contributed by atoms with Crippen LogP contribution in [0.2, 0.25) is 0 Å². The molecule has 0 spiro atoms. The number of carbonyl (C=O) groups excluding carboxylic acids is 1. The lowest BCUT2D eigenvalue weighted by Crippen LogP contribution is -2.24. The number of aryl methyl sites for hydroxylation is 2. The van der Waals surface area contributed by atoms with Crippen molar-refractivity contribution in [1.29, 1.82) is 0 Å². The van der Waals surface area contributed by atoms with Gasteiger partial charge in [-0.1, -0.05) is 30.0 Å². The van der Waals surface area contributed by atoms with Crippen molar-refractivity contribution in [2.24, 2.45) is 0 Å². The van der Waals surface area contributed by atoms with Crippen LogP contribution in [-0.2, 0) is 22.9 Å². The molecule has 3 rings (SSSR count). The topological polar surface area (TPSA) is 75.3 Å². The third-order valence-corrected chi connectivity index (χ3v) is 6.00. The molecule has 0 saturated heterocycles. The molecule has 2 aromatic carbocycles. The van der Waals surface area contributed by atoms with Crippen LogP contribution in [0.5, 0.6) is 0 Å². The molecule has 1 aliphatic carbocycles. The van der Waals surface area contributed by atoms with E-state index in [4.69, 9.17) is 0 Å². The van der Waals surface area contributed by atoms with Crippen LogP contribution in [-0.4, -0.2) is 27.9 Å². The molecule has 2 N–H and O–H groups in total. The van der Waals surface area contributed by atoms with Gasteiger partial charge in [0.2, 0.25) is 10.0 Å². The van der Waals surface area contributed by atoms with Crippen molar-refractivity contribution in [3.05, 3.63) is 64.7 Å². The normalized spacial score (nSPS) is 13.2. The predicted octanol–water partition coefficient (Wildman–Crippen LogP) is 2.26. The third-order valence-electron chi connectivity index (χ3n) is 4.60. The first-order valence-corrected chi connectivity index (χ1v) is 10.4. The van der Waals surface area contributed by atoms with Gasteiger partial charge in [-0.05, 0) is 61.1 Å². The van der Waals surface area contributed by atoms with E-state index in [2.05, 4.69) is 21.9 Å². The second kappa shape index (κ2) is 8.38. The molecule has 1 aliphatic rings. The fraction of sp³-hybridized carbons (Fsp3) is 0.286. The van der Waals surface area contributed by atoms with E-state index in [9.17, 15) is 13.2 Å². The van der Waals surface area contributed by atoms with Gasteiger partial charge in [-0.2, -0.15) is 4.72 Å².